The Balaban J connectivity index is 0.000000182. The number of aromatic carboxylic acids is 1. The summed E-state index contributed by atoms with van der Waals surface area (Å²) < 4.78 is 59.5. The highest BCUT2D eigenvalue weighted by atomic mass is 35.5. The number of nitrogens with zero attached hydrogens (tertiary/aromatic N) is 2. The molecule has 3 N–H and O–H groups in total. The summed E-state index contributed by atoms with van der Waals surface area (Å²) in [6.07, 6.45) is 0.0316. The van der Waals surface area contributed by atoms with Crippen LogP contribution in [0.5, 0.6) is 5.75 Å². The maximum absolute atomic E-state index is 13.8. The Kier molecular flexibility index (Phi) is 8.82. The molecule has 0 bridgehead atoms. The second-order valence-electron chi connectivity index (χ2n) is 9.91. The Morgan fingerprint density at radius 2 is 1.75 bits per heavy atom. The van der Waals surface area contributed by atoms with Crippen LogP contribution in [0.1, 0.15) is 44.2 Å². The molecular formula is C33H24ClF4N3O3. The molecule has 224 valence electrons. The van der Waals surface area contributed by atoms with Gasteiger partial charge in [0.2, 0.25) is 0 Å². The number of alkyl halides is 3. The van der Waals surface area contributed by atoms with Crippen LogP contribution in [0.3, 0.4) is 0 Å². The topological polar surface area (TPSA) is 98.3 Å². The Labute approximate surface area is 254 Å². The highest BCUT2D eigenvalue weighted by Gasteiger charge is 2.43. The average Bonchev–Trinajstić information content (AvgIpc) is 3.39. The number of rotatable bonds is 6. The number of anilines is 1. The third-order valence-electron chi connectivity index (χ3n) is 7.07. The number of ether oxygens (including phenoxy) is 1. The monoisotopic (exact) mass is 621 g/mol. The molecule has 5 aromatic rings. The van der Waals surface area contributed by atoms with Gasteiger partial charge >= 0.3 is 12.1 Å². The molecule has 2 aromatic heterocycles. The van der Waals surface area contributed by atoms with Crippen molar-refractivity contribution in [2.75, 3.05) is 5.73 Å². The zero-order valence-corrected chi connectivity index (χ0v) is 23.6. The smallest absolute Gasteiger partial charge is 0.399 e. The molecule has 1 aliphatic carbocycles. The molecular weight excluding hydrogens is 598 g/mol. The number of nitrogen functional groups attached to an aromatic ring is 1. The summed E-state index contributed by atoms with van der Waals surface area (Å²) in [7, 11) is 0. The van der Waals surface area contributed by atoms with Crippen molar-refractivity contribution in [1.29, 1.82) is 0 Å². The van der Waals surface area contributed by atoms with Crippen LogP contribution in [0.15, 0.2) is 97.5 Å². The van der Waals surface area contributed by atoms with Crippen LogP contribution in [-0.4, -0.2) is 27.2 Å². The van der Waals surface area contributed by atoms with Crippen LogP contribution >= 0.6 is 11.6 Å². The minimum absolute atomic E-state index is 0.0899. The minimum Gasteiger partial charge on any atom is -0.487 e. The maximum Gasteiger partial charge on any atom is 0.399 e. The Bertz CT molecular complexity index is 1800. The number of nitrogens with two attached hydrogens (primary N) is 1. The van der Waals surface area contributed by atoms with E-state index in [-0.39, 0.29) is 45.7 Å². The van der Waals surface area contributed by atoms with E-state index in [1.165, 1.54) is 55.0 Å². The van der Waals surface area contributed by atoms with Crippen molar-refractivity contribution in [1.82, 2.24) is 9.97 Å². The quantitative estimate of drug-likeness (QED) is 0.144. The Morgan fingerprint density at radius 3 is 2.43 bits per heavy atom. The number of carboxylic acid groups (broad SMARTS) is 1. The molecule has 1 atom stereocenters. The lowest BCUT2D eigenvalue weighted by Crippen LogP contribution is -2.23. The number of aromatic nitrogens is 2. The minimum atomic E-state index is -4.45. The standard InChI is InChI=1S/C20H15F3N2.C13H9ClFNO3/c21-20(22,23)18(13-5-3-9-25-11-13)16-8-7-15-14-6-2-1-4-12(14)10-17(15)19(16)24;14-10-6-16-11(13(17)18)5-12(10)19-7-8-1-3-9(15)4-2-8/h1-9,11,18H,10,24H2;1-6H,7H2,(H,17,18)/t18-;/m1./s1. The predicted octanol–water partition coefficient (Wildman–Crippen LogP) is 8.08. The molecule has 0 amide bonds. The molecule has 44 heavy (non-hydrogen) atoms. The van der Waals surface area contributed by atoms with E-state index in [9.17, 15) is 22.4 Å². The molecule has 3 aromatic carbocycles. The van der Waals surface area contributed by atoms with E-state index >= 15 is 0 Å². The SMILES string of the molecule is Nc1c([C@@H](c2cccnc2)C(F)(F)F)ccc2c1Cc1ccccc1-2.O=C(O)c1cc(OCc2ccc(F)cc2)c(Cl)cn1. The lowest BCUT2D eigenvalue weighted by molar-refractivity contribution is -0.141. The fraction of sp³-hybridized carbons (Fsp3) is 0.121. The zero-order valence-electron chi connectivity index (χ0n) is 22.9. The number of fused-ring (bicyclic) bond motifs is 3. The van der Waals surface area contributed by atoms with Gasteiger partial charge in [0.25, 0.3) is 0 Å². The number of hydrogen-bond acceptors (Lipinski definition) is 5. The van der Waals surface area contributed by atoms with Gasteiger partial charge in [0.15, 0.2) is 5.69 Å². The van der Waals surface area contributed by atoms with Gasteiger partial charge in [-0.25, -0.2) is 14.2 Å². The molecule has 1 aliphatic rings. The number of halogens is 5. The average molecular weight is 622 g/mol. The van der Waals surface area contributed by atoms with E-state index in [2.05, 4.69) is 9.97 Å². The van der Waals surface area contributed by atoms with Crippen LogP contribution in [0.4, 0.5) is 23.2 Å². The van der Waals surface area contributed by atoms with E-state index < -0.39 is 18.1 Å². The number of benzene rings is 3. The summed E-state index contributed by atoms with van der Waals surface area (Å²) in [4.78, 5) is 18.3. The van der Waals surface area contributed by atoms with Crippen molar-refractivity contribution >= 4 is 23.3 Å². The van der Waals surface area contributed by atoms with E-state index in [4.69, 9.17) is 27.2 Å². The second kappa shape index (κ2) is 12.7. The Morgan fingerprint density at radius 1 is 1.00 bits per heavy atom. The van der Waals surface area contributed by atoms with Gasteiger partial charge in [0.05, 0.1) is 6.20 Å². The highest BCUT2D eigenvalue weighted by Crippen LogP contribution is 2.47. The van der Waals surface area contributed by atoms with Crippen LogP contribution in [0, 0.1) is 5.82 Å². The van der Waals surface area contributed by atoms with Gasteiger partial charge in [-0.1, -0.05) is 66.2 Å². The van der Waals surface area contributed by atoms with E-state index in [1.807, 2.05) is 24.3 Å². The first kappa shape index (κ1) is 30.5. The first-order valence-electron chi connectivity index (χ1n) is 13.2. The van der Waals surface area contributed by atoms with Gasteiger partial charge in [0.1, 0.15) is 29.1 Å². The fourth-order valence-electron chi connectivity index (χ4n) is 4.99. The van der Waals surface area contributed by atoms with Crippen molar-refractivity contribution in [3.05, 3.63) is 142 Å². The van der Waals surface area contributed by atoms with Crippen molar-refractivity contribution in [2.45, 2.75) is 25.1 Å². The molecule has 0 spiro atoms. The molecule has 0 saturated heterocycles. The third-order valence-corrected chi connectivity index (χ3v) is 7.35. The van der Waals surface area contributed by atoms with Gasteiger partial charge in [-0.3, -0.25) is 4.98 Å². The third kappa shape index (κ3) is 6.65. The molecule has 0 unspecified atom stereocenters. The van der Waals surface area contributed by atoms with Gasteiger partial charge in [-0.15, -0.1) is 0 Å². The zero-order chi connectivity index (χ0) is 31.4. The number of pyridine rings is 2. The summed E-state index contributed by atoms with van der Waals surface area (Å²) in [5.41, 5.74) is 11.0. The normalized spacial score (nSPS) is 12.4. The largest absolute Gasteiger partial charge is 0.487 e. The molecule has 11 heteroatoms. The van der Waals surface area contributed by atoms with Gasteiger partial charge in [-0.2, -0.15) is 13.2 Å². The van der Waals surface area contributed by atoms with Crippen LogP contribution in [0.25, 0.3) is 11.1 Å². The maximum atomic E-state index is 13.8. The molecule has 2 heterocycles. The van der Waals surface area contributed by atoms with Crippen LogP contribution < -0.4 is 10.5 Å². The molecule has 0 radical (unpaired) electrons. The summed E-state index contributed by atoms with van der Waals surface area (Å²) in [6.45, 7) is 0.156. The van der Waals surface area contributed by atoms with Crippen molar-refractivity contribution in [3.63, 3.8) is 0 Å². The summed E-state index contributed by atoms with van der Waals surface area (Å²) in [5.74, 6) is -3.06. The molecule has 0 fully saturated rings. The summed E-state index contributed by atoms with van der Waals surface area (Å²) >= 11 is 5.85. The van der Waals surface area contributed by atoms with E-state index in [0.29, 0.717) is 6.42 Å². The lowest BCUT2D eigenvalue weighted by atomic mass is 9.87. The van der Waals surface area contributed by atoms with Gasteiger partial charge in [-0.05, 0) is 57.1 Å². The summed E-state index contributed by atoms with van der Waals surface area (Å²) in [6, 6.07) is 21.0. The summed E-state index contributed by atoms with van der Waals surface area (Å²) in [5, 5.41) is 9.03. The Hall–Kier alpha value is -4.96. The number of carboxylic acids is 1. The number of carbonyl (C=O) groups is 1. The van der Waals surface area contributed by atoms with Crippen LogP contribution in [-0.2, 0) is 13.0 Å². The highest BCUT2D eigenvalue weighted by molar-refractivity contribution is 6.32. The van der Waals surface area contributed by atoms with Crippen molar-refractivity contribution < 1.29 is 32.2 Å². The predicted molar refractivity (Wildman–Crippen MR) is 158 cm³/mol. The first-order valence-corrected chi connectivity index (χ1v) is 13.6. The molecule has 0 aliphatic heterocycles. The molecule has 6 nitrogen and oxygen atoms in total. The fourth-order valence-corrected chi connectivity index (χ4v) is 5.14. The van der Waals surface area contributed by atoms with Crippen molar-refractivity contribution in [3.8, 4) is 16.9 Å². The van der Waals surface area contributed by atoms with Crippen molar-refractivity contribution in [2.24, 2.45) is 0 Å². The molecule has 6 rings (SSSR count). The van der Waals surface area contributed by atoms with E-state index in [0.717, 1.165) is 27.8 Å². The molecule has 0 saturated carbocycles. The lowest BCUT2D eigenvalue weighted by Gasteiger charge is -2.23. The van der Waals surface area contributed by atoms with E-state index in [1.54, 1.807) is 18.2 Å². The number of hydrogen-bond donors (Lipinski definition) is 2. The van der Waals surface area contributed by atoms with Gasteiger partial charge in [0, 0.05) is 30.6 Å². The van der Waals surface area contributed by atoms with Crippen LogP contribution in [0.2, 0.25) is 5.02 Å². The second-order valence-corrected chi connectivity index (χ2v) is 10.3. The van der Waals surface area contributed by atoms with Gasteiger partial charge < -0.3 is 15.6 Å². The first-order chi connectivity index (χ1) is 21.0.